The normalized spacial score (nSPS) is 23.1. The molecule has 21 heavy (non-hydrogen) atoms. The zero-order chi connectivity index (χ0) is 14.5. The lowest BCUT2D eigenvalue weighted by Gasteiger charge is -2.37. The molecule has 1 saturated heterocycles. The minimum absolute atomic E-state index is 0.382. The molecule has 3 rings (SSSR count). The minimum Gasteiger partial charge on any atom is -0.287 e. The second-order valence-corrected chi connectivity index (χ2v) is 6.61. The molecular formula is C19H23NS. The molecule has 0 aliphatic carbocycles. The van der Waals surface area contributed by atoms with Crippen LogP contribution in [0.2, 0.25) is 0 Å². The Kier molecular flexibility index (Phi) is 5.00. The quantitative estimate of drug-likeness (QED) is 0.819. The second-order valence-electron chi connectivity index (χ2n) is 6.02. The average molecular weight is 297 g/mol. The Morgan fingerprint density at radius 3 is 2.14 bits per heavy atom. The first kappa shape index (κ1) is 14.7. The van der Waals surface area contributed by atoms with Crippen molar-refractivity contribution in [2.24, 2.45) is 5.92 Å². The van der Waals surface area contributed by atoms with Crippen molar-refractivity contribution in [3.63, 3.8) is 0 Å². The molecule has 0 bridgehead atoms. The Morgan fingerprint density at radius 1 is 0.905 bits per heavy atom. The van der Waals surface area contributed by atoms with Gasteiger partial charge in [0, 0.05) is 6.54 Å². The summed E-state index contributed by atoms with van der Waals surface area (Å²) in [5.74, 6) is 0.766. The lowest BCUT2D eigenvalue weighted by Crippen LogP contribution is -2.39. The largest absolute Gasteiger partial charge is 0.287 e. The molecule has 0 radical (unpaired) electrons. The van der Waals surface area contributed by atoms with Gasteiger partial charge in [-0.05, 0) is 42.9 Å². The molecule has 2 atom stereocenters. The van der Waals surface area contributed by atoms with Crippen LogP contribution < -0.4 is 0 Å². The van der Waals surface area contributed by atoms with Crippen LogP contribution in [0.4, 0.5) is 0 Å². The van der Waals surface area contributed by atoms with Crippen LogP contribution in [0.25, 0.3) is 0 Å². The van der Waals surface area contributed by atoms with Gasteiger partial charge in [-0.15, -0.1) is 0 Å². The van der Waals surface area contributed by atoms with E-state index in [0.717, 1.165) is 19.0 Å². The van der Waals surface area contributed by atoms with E-state index in [9.17, 15) is 0 Å². The van der Waals surface area contributed by atoms with E-state index in [2.05, 4.69) is 65.6 Å². The number of hydrogen-bond acceptors (Lipinski definition) is 2. The number of nitrogens with zero attached hydrogens (tertiary/aromatic N) is 1. The van der Waals surface area contributed by atoms with Crippen molar-refractivity contribution >= 4 is 12.6 Å². The maximum absolute atomic E-state index is 4.84. The van der Waals surface area contributed by atoms with Gasteiger partial charge in [0.1, 0.15) is 0 Å². The topological polar surface area (TPSA) is 3.24 Å². The van der Waals surface area contributed by atoms with Crippen LogP contribution in [0.5, 0.6) is 0 Å². The Hall–Kier alpha value is -1.25. The number of benzene rings is 2. The molecular weight excluding hydrogens is 274 g/mol. The van der Waals surface area contributed by atoms with Crippen LogP contribution in [0.1, 0.15) is 24.0 Å². The van der Waals surface area contributed by atoms with Crippen molar-refractivity contribution < 1.29 is 0 Å². The monoisotopic (exact) mass is 297 g/mol. The molecule has 110 valence electrons. The van der Waals surface area contributed by atoms with E-state index in [1.54, 1.807) is 0 Å². The van der Waals surface area contributed by atoms with Gasteiger partial charge >= 0.3 is 0 Å². The first-order chi connectivity index (χ1) is 10.3. The average Bonchev–Trinajstić information content (AvgIpc) is 2.52. The van der Waals surface area contributed by atoms with Crippen LogP contribution in [0.3, 0.4) is 0 Å². The third kappa shape index (κ3) is 4.12. The number of likely N-dealkylation sites (tertiary alicyclic amines) is 1. The molecule has 0 spiro atoms. The van der Waals surface area contributed by atoms with Crippen LogP contribution in [0.15, 0.2) is 60.7 Å². The van der Waals surface area contributed by atoms with Crippen LogP contribution in [-0.4, -0.2) is 16.8 Å². The summed E-state index contributed by atoms with van der Waals surface area (Å²) in [6.45, 7) is 2.17. The van der Waals surface area contributed by atoms with Crippen LogP contribution in [0, 0.1) is 5.92 Å². The molecule has 1 aliphatic rings. The summed E-state index contributed by atoms with van der Waals surface area (Å²) in [6, 6.07) is 21.6. The molecule has 1 nitrogen and oxygen atoms in total. The zero-order valence-electron chi connectivity index (χ0n) is 12.4. The van der Waals surface area contributed by atoms with Gasteiger partial charge in [-0.1, -0.05) is 60.7 Å². The summed E-state index contributed by atoms with van der Waals surface area (Å²) in [5.41, 5.74) is 2.85. The summed E-state index contributed by atoms with van der Waals surface area (Å²) < 4.78 is 0. The summed E-state index contributed by atoms with van der Waals surface area (Å²) >= 11 is 4.84. The molecule has 0 N–H and O–H groups in total. The Bertz CT molecular complexity index is 540. The number of hydrogen-bond donors (Lipinski definition) is 1. The molecule has 2 unspecified atom stereocenters. The Balaban J connectivity index is 1.54. The fraction of sp³-hybridized carbons (Fsp3) is 0.368. The lowest BCUT2D eigenvalue weighted by atomic mass is 9.90. The SMILES string of the molecule is SC1CC(Cc2ccccc2)CCN1Cc1ccccc1. The van der Waals surface area contributed by atoms with Crippen molar-refractivity contribution in [3.05, 3.63) is 71.8 Å². The molecule has 1 aliphatic heterocycles. The highest BCUT2D eigenvalue weighted by atomic mass is 32.1. The summed E-state index contributed by atoms with van der Waals surface area (Å²) in [5, 5.41) is 0.382. The highest BCUT2D eigenvalue weighted by Crippen LogP contribution is 2.29. The predicted molar refractivity (Wildman–Crippen MR) is 92.5 cm³/mol. The maximum Gasteiger partial charge on any atom is 0.0533 e. The van der Waals surface area contributed by atoms with E-state index < -0.39 is 0 Å². The van der Waals surface area contributed by atoms with E-state index in [1.165, 1.54) is 30.4 Å². The van der Waals surface area contributed by atoms with Gasteiger partial charge in [0.05, 0.1) is 5.37 Å². The molecule has 0 aromatic heterocycles. The van der Waals surface area contributed by atoms with Crippen LogP contribution in [-0.2, 0) is 13.0 Å². The molecule has 0 amide bonds. The summed E-state index contributed by atoms with van der Waals surface area (Å²) in [4.78, 5) is 2.50. The summed E-state index contributed by atoms with van der Waals surface area (Å²) in [6.07, 6.45) is 3.65. The molecule has 0 saturated carbocycles. The minimum atomic E-state index is 0.382. The van der Waals surface area contributed by atoms with Crippen molar-refractivity contribution in [2.75, 3.05) is 6.54 Å². The summed E-state index contributed by atoms with van der Waals surface area (Å²) in [7, 11) is 0. The van der Waals surface area contributed by atoms with Crippen molar-refractivity contribution in [1.29, 1.82) is 0 Å². The molecule has 2 aromatic rings. The highest BCUT2D eigenvalue weighted by Gasteiger charge is 2.26. The Morgan fingerprint density at radius 2 is 1.52 bits per heavy atom. The van der Waals surface area contributed by atoms with Gasteiger partial charge in [-0.25, -0.2) is 0 Å². The fourth-order valence-electron chi connectivity index (χ4n) is 3.20. The maximum atomic E-state index is 4.84. The smallest absolute Gasteiger partial charge is 0.0533 e. The van der Waals surface area contributed by atoms with Gasteiger partial charge in [0.25, 0.3) is 0 Å². The first-order valence-electron chi connectivity index (χ1n) is 7.81. The number of thiol groups is 1. The Labute approximate surface area is 133 Å². The van der Waals surface area contributed by atoms with E-state index in [-0.39, 0.29) is 0 Å². The van der Waals surface area contributed by atoms with Crippen molar-refractivity contribution in [2.45, 2.75) is 31.2 Å². The van der Waals surface area contributed by atoms with E-state index in [4.69, 9.17) is 12.6 Å². The predicted octanol–water partition coefficient (Wildman–Crippen LogP) is 4.40. The third-order valence-corrected chi connectivity index (χ3v) is 4.92. The number of piperidine rings is 1. The molecule has 2 heteroatoms. The highest BCUT2D eigenvalue weighted by molar-refractivity contribution is 7.80. The second kappa shape index (κ2) is 7.15. The van der Waals surface area contributed by atoms with E-state index in [0.29, 0.717) is 5.37 Å². The van der Waals surface area contributed by atoms with Gasteiger partial charge in [-0.2, -0.15) is 12.6 Å². The van der Waals surface area contributed by atoms with Crippen molar-refractivity contribution in [1.82, 2.24) is 4.90 Å². The third-order valence-electron chi connectivity index (χ3n) is 4.39. The van der Waals surface area contributed by atoms with E-state index in [1.807, 2.05) is 0 Å². The lowest BCUT2D eigenvalue weighted by molar-refractivity contribution is 0.157. The molecule has 1 fully saturated rings. The van der Waals surface area contributed by atoms with E-state index >= 15 is 0 Å². The van der Waals surface area contributed by atoms with Crippen molar-refractivity contribution in [3.8, 4) is 0 Å². The molecule has 2 aromatic carbocycles. The molecule has 1 heterocycles. The number of rotatable bonds is 4. The van der Waals surface area contributed by atoms with Gasteiger partial charge in [0.2, 0.25) is 0 Å². The van der Waals surface area contributed by atoms with Crippen LogP contribution >= 0.6 is 12.6 Å². The van der Waals surface area contributed by atoms with Gasteiger partial charge in [-0.3, -0.25) is 4.90 Å². The zero-order valence-corrected chi connectivity index (χ0v) is 13.3. The fourth-order valence-corrected chi connectivity index (χ4v) is 3.69. The first-order valence-corrected chi connectivity index (χ1v) is 8.33. The van der Waals surface area contributed by atoms with Gasteiger partial charge < -0.3 is 0 Å². The standard InChI is InChI=1S/C19H23NS/c21-19-14-18(13-16-7-3-1-4-8-16)11-12-20(19)15-17-9-5-2-6-10-17/h1-10,18-19,21H,11-15H2. The van der Waals surface area contributed by atoms with Gasteiger partial charge in [0.15, 0.2) is 0 Å².